The highest BCUT2D eigenvalue weighted by molar-refractivity contribution is 9.10. The van der Waals surface area contributed by atoms with Crippen molar-refractivity contribution in [3.63, 3.8) is 0 Å². The number of rotatable bonds is 3. The predicted molar refractivity (Wildman–Crippen MR) is 101 cm³/mol. The Morgan fingerprint density at radius 2 is 1.88 bits per heavy atom. The Morgan fingerprint density at radius 3 is 2.62 bits per heavy atom. The van der Waals surface area contributed by atoms with E-state index < -0.39 is 0 Å². The van der Waals surface area contributed by atoms with Crippen molar-refractivity contribution < 1.29 is 9.59 Å². The number of para-hydroxylation sites is 1. The number of halogens is 1. The number of anilines is 3. The lowest BCUT2D eigenvalue weighted by Crippen LogP contribution is -2.19. The molecule has 0 aliphatic carbocycles. The summed E-state index contributed by atoms with van der Waals surface area (Å²) < 4.78 is 1.68. The molecule has 8 heteroatoms. The average Bonchev–Trinajstić information content (AvgIpc) is 2.90. The third kappa shape index (κ3) is 3.90. The van der Waals surface area contributed by atoms with E-state index in [0.717, 1.165) is 14.7 Å². The van der Waals surface area contributed by atoms with Crippen molar-refractivity contribution in [3.8, 4) is 0 Å². The highest BCUT2D eigenvalue weighted by atomic mass is 79.9. The normalized spacial score (nSPS) is 10.4. The minimum absolute atomic E-state index is 0.166. The predicted octanol–water partition coefficient (Wildman–Crippen LogP) is 4.66. The molecule has 2 aromatic carbocycles. The van der Waals surface area contributed by atoms with Gasteiger partial charge in [0, 0.05) is 17.1 Å². The lowest BCUT2D eigenvalue weighted by atomic mass is 10.3. The average molecular weight is 405 g/mol. The maximum absolute atomic E-state index is 12.1. The van der Waals surface area contributed by atoms with Crippen LogP contribution in [0.4, 0.5) is 21.3 Å². The molecule has 122 valence electrons. The lowest BCUT2D eigenvalue weighted by Gasteiger charge is -2.08. The molecule has 0 spiro atoms. The molecule has 1 aromatic heterocycles. The van der Waals surface area contributed by atoms with Crippen LogP contribution in [0.3, 0.4) is 0 Å². The summed E-state index contributed by atoms with van der Waals surface area (Å²) in [6.45, 7) is 1.44. The molecule has 0 saturated heterocycles. The summed E-state index contributed by atoms with van der Waals surface area (Å²) in [5.74, 6) is -0.166. The largest absolute Gasteiger partial charge is 0.323 e. The molecule has 0 unspecified atom stereocenters. The van der Waals surface area contributed by atoms with E-state index in [2.05, 4.69) is 36.9 Å². The quantitative estimate of drug-likeness (QED) is 0.593. The Hall–Kier alpha value is -2.45. The molecular formula is C16H13BrN4O2S. The zero-order valence-electron chi connectivity index (χ0n) is 12.6. The number of urea groups is 1. The van der Waals surface area contributed by atoms with Crippen LogP contribution in [0.1, 0.15) is 6.92 Å². The van der Waals surface area contributed by atoms with Gasteiger partial charge in [0.15, 0.2) is 5.13 Å². The molecule has 0 fully saturated rings. The Labute approximate surface area is 150 Å². The summed E-state index contributed by atoms with van der Waals surface area (Å²) in [5.41, 5.74) is 2.09. The van der Waals surface area contributed by atoms with Gasteiger partial charge in [-0.05, 0) is 46.3 Å². The third-order valence-electron chi connectivity index (χ3n) is 3.05. The second kappa shape index (κ2) is 6.98. The molecule has 6 nitrogen and oxygen atoms in total. The number of nitrogens with one attached hydrogen (secondary N) is 3. The Kier molecular flexibility index (Phi) is 4.77. The first-order chi connectivity index (χ1) is 11.5. The SMILES string of the molecule is CC(=O)Nc1nc2ccc(NC(=O)Nc3ccccc3Br)cc2s1. The van der Waals surface area contributed by atoms with Crippen LogP contribution in [0, 0.1) is 0 Å². The molecule has 3 N–H and O–H groups in total. The summed E-state index contributed by atoms with van der Waals surface area (Å²) >= 11 is 4.73. The zero-order chi connectivity index (χ0) is 17.1. The summed E-state index contributed by atoms with van der Waals surface area (Å²) in [6.07, 6.45) is 0. The first-order valence-corrected chi connectivity index (χ1v) is 8.63. The van der Waals surface area contributed by atoms with E-state index in [9.17, 15) is 9.59 Å². The van der Waals surface area contributed by atoms with Gasteiger partial charge in [-0.2, -0.15) is 0 Å². The van der Waals surface area contributed by atoms with Crippen LogP contribution in [-0.4, -0.2) is 16.9 Å². The monoisotopic (exact) mass is 404 g/mol. The number of hydrogen-bond donors (Lipinski definition) is 3. The summed E-state index contributed by atoms with van der Waals surface area (Å²) in [6, 6.07) is 12.4. The Bertz CT molecular complexity index is 925. The molecule has 3 amide bonds. The topological polar surface area (TPSA) is 83.1 Å². The molecule has 3 aromatic rings. The molecule has 24 heavy (non-hydrogen) atoms. The summed E-state index contributed by atoms with van der Waals surface area (Å²) in [4.78, 5) is 27.5. The van der Waals surface area contributed by atoms with E-state index in [1.807, 2.05) is 24.3 Å². The maximum atomic E-state index is 12.1. The van der Waals surface area contributed by atoms with Gasteiger partial charge < -0.3 is 16.0 Å². The van der Waals surface area contributed by atoms with E-state index in [4.69, 9.17) is 0 Å². The fourth-order valence-corrected chi connectivity index (χ4v) is 3.39. The van der Waals surface area contributed by atoms with Gasteiger partial charge in [-0.25, -0.2) is 9.78 Å². The second-order valence-electron chi connectivity index (χ2n) is 4.94. The van der Waals surface area contributed by atoms with Crippen molar-refractivity contribution in [2.75, 3.05) is 16.0 Å². The van der Waals surface area contributed by atoms with Crippen molar-refractivity contribution in [3.05, 3.63) is 46.9 Å². The number of carbonyl (C=O) groups is 2. The van der Waals surface area contributed by atoms with Crippen molar-refractivity contribution >= 4 is 65.9 Å². The minimum atomic E-state index is -0.340. The number of carbonyl (C=O) groups excluding carboxylic acids is 2. The van der Waals surface area contributed by atoms with Gasteiger partial charge in [-0.15, -0.1) is 0 Å². The number of nitrogens with zero attached hydrogens (tertiary/aromatic N) is 1. The van der Waals surface area contributed by atoms with E-state index in [0.29, 0.717) is 16.5 Å². The smallest absolute Gasteiger partial charge is 0.308 e. The van der Waals surface area contributed by atoms with Crippen LogP contribution in [-0.2, 0) is 4.79 Å². The van der Waals surface area contributed by atoms with Crippen LogP contribution in [0.15, 0.2) is 46.9 Å². The first kappa shape index (κ1) is 16.4. The van der Waals surface area contributed by atoms with Crippen LogP contribution in [0.25, 0.3) is 10.2 Å². The molecular weight excluding hydrogens is 392 g/mol. The van der Waals surface area contributed by atoms with Gasteiger partial charge in [-0.1, -0.05) is 23.5 Å². The summed E-state index contributed by atoms with van der Waals surface area (Å²) in [7, 11) is 0. The number of fused-ring (bicyclic) bond motifs is 1. The fourth-order valence-electron chi connectivity index (χ4n) is 2.05. The van der Waals surface area contributed by atoms with Crippen molar-refractivity contribution in [1.29, 1.82) is 0 Å². The van der Waals surface area contributed by atoms with Crippen molar-refractivity contribution in [1.82, 2.24) is 4.98 Å². The highest BCUT2D eigenvalue weighted by Gasteiger charge is 2.08. The second-order valence-corrected chi connectivity index (χ2v) is 6.83. The highest BCUT2D eigenvalue weighted by Crippen LogP contribution is 2.28. The fraction of sp³-hybridized carbons (Fsp3) is 0.0625. The molecule has 0 radical (unpaired) electrons. The van der Waals surface area contributed by atoms with Crippen LogP contribution in [0.5, 0.6) is 0 Å². The Balaban J connectivity index is 1.73. The van der Waals surface area contributed by atoms with Crippen LogP contribution in [0.2, 0.25) is 0 Å². The molecule has 0 aliphatic heterocycles. The molecule has 1 heterocycles. The van der Waals surface area contributed by atoms with Crippen molar-refractivity contribution in [2.24, 2.45) is 0 Å². The van der Waals surface area contributed by atoms with E-state index >= 15 is 0 Å². The molecule has 0 bridgehead atoms. The van der Waals surface area contributed by atoms with E-state index in [1.54, 1.807) is 18.2 Å². The molecule has 0 saturated carbocycles. The van der Waals surface area contributed by atoms with Crippen LogP contribution < -0.4 is 16.0 Å². The zero-order valence-corrected chi connectivity index (χ0v) is 15.0. The van der Waals surface area contributed by atoms with Gasteiger partial charge in [0.05, 0.1) is 15.9 Å². The van der Waals surface area contributed by atoms with Crippen molar-refractivity contribution in [2.45, 2.75) is 6.92 Å². The van der Waals surface area contributed by atoms with Gasteiger partial charge in [0.2, 0.25) is 5.91 Å². The van der Waals surface area contributed by atoms with Gasteiger partial charge in [-0.3, -0.25) is 4.79 Å². The van der Waals surface area contributed by atoms with Gasteiger partial charge in [0.1, 0.15) is 0 Å². The molecule has 3 rings (SSSR count). The summed E-state index contributed by atoms with van der Waals surface area (Å²) in [5, 5.41) is 8.74. The molecule has 0 atom stereocenters. The van der Waals surface area contributed by atoms with Crippen LogP contribution >= 0.6 is 27.3 Å². The number of aromatic nitrogens is 1. The first-order valence-electron chi connectivity index (χ1n) is 7.02. The van der Waals surface area contributed by atoms with E-state index in [-0.39, 0.29) is 11.9 Å². The van der Waals surface area contributed by atoms with E-state index in [1.165, 1.54) is 18.3 Å². The number of amides is 3. The third-order valence-corrected chi connectivity index (χ3v) is 4.68. The number of thiazole rings is 1. The number of benzene rings is 2. The molecule has 0 aliphatic rings. The maximum Gasteiger partial charge on any atom is 0.323 e. The standard InChI is InChI=1S/C16H13BrN4O2S/c1-9(22)18-16-21-13-7-6-10(8-14(13)24-16)19-15(23)20-12-5-3-2-4-11(12)17/h2-8H,1H3,(H,18,21,22)(H2,19,20,23). The number of hydrogen-bond acceptors (Lipinski definition) is 4. The Morgan fingerprint density at radius 1 is 1.08 bits per heavy atom. The van der Waals surface area contributed by atoms with Gasteiger partial charge in [0.25, 0.3) is 0 Å². The van der Waals surface area contributed by atoms with Gasteiger partial charge >= 0.3 is 6.03 Å². The minimum Gasteiger partial charge on any atom is -0.308 e. The lowest BCUT2D eigenvalue weighted by molar-refractivity contribution is -0.114.